The van der Waals surface area contributed by atoms with Gasteiger partial charge in [0.25, 0.3) is 0 Å². The Morgan fingerprint density at radius 1 is 1.07 bits per heavy atom. The minimum atomic E-state index is 0. The summed E-state index contributed by atoms with van der Waals surface area (Å²) in [6.07, 6.45) is 20.0. The Hall–Kier alpha value is -0.0757. The molecule has 0 radical (unpaired) electrons. The SMILES string of the molecule is CCO.Cl.[C-]1=CC=CC1.[C-]1=CC=CC1.[Ti+2]. The first-order valence-corrected chi connectivity index (χ1v) is 4.46. The van der Waals surface area contributed by atoms with Crippen molar-refractivity contribution in [1.29, 1.82) is 0 Å². The van der Waals surface area contributed by atoms with Crippen molar-refractivity contribution in [2.45, 2.75) is 19.8 Å². The number of aliphatic hydroxyl groups is 1. The van der Waals surface area contributed by atoms with Crippen molar-refractivity contribution >= 4 is 12.4 Å². The molecular weight excluding hydrogens is 243 g/mol. The molecule has 0 saturated heterocycles. The van der Waals surface area contributed by atoms with E-state index in [1.54, 1.807) is 6.92 Å². The smallest absolute Gasteiger partial charge is 0.397 e. The number of hydrogen-bond donors (Lipinski definition) is 1. The zero-order chi connectivity index (χ0) is 9.78. The third kappa shape index (κ3) is 20.1. The quantitative estimate of drug-likeness (QED) is 0.524. The Kier molecular flexibility index (Phi) is 26.4. The maximum absolute atomic E-state index is 7.57. The summed E-state index contributed by atoms with van der Waals surface area (Å²) in [6.45, 7) is 1.93. The van der Waals surface area contributed by atoms with Crippen LogP contribution in [0.15, 0.2) is 36.5 Å². The van der Waals surface area contributed by atoms with E-state index in [2.05, 4.69) is 24.3 Å². The molecule has 0 atom stereocenters. The van der Waals surface area contributed by atoms with Crippen LogP contribution in [-0.2, 0) is 21.7 Å². The molecule has 0 heterocycles. The van der Waals surface area contributed by atoms with Crippen molar-refractivity contribution in [3.8, 4) is 0 Å². The molecule has 0 aliphatic heterocycles. The first kappa shape index (κ1) is 20.4. The first-order chi connectivity index (χ1) is 6.41. The van der Waals surface area contributed by atoms with Crippen molar-refractivity contribution in [3.63, 3.8) is 0 Å². The van der Waals surface area contributed by atoms with Crippen LogP contribution in [0.5, 0.6) is 0 Å². The van der Waals surface area contributed by atoms with E-state index in [1.807, 2.05) is 24.3 Å². The fourth-order valence-corrected chi connectivity index (χ4v) is 0.680. The molecule has 1 nitrogen and oxygen atoms in total. The Bertz CT molecular complexity index is 166. The van der Waals surface area contributed by atoms with Gasteiger partial charge in [-0.25, -0.2) is 24.3 Å². The fourth-order valence-electron chi connectivity index (χ4n) is 0.680. The van der Waals surface area contributed by atoms with E-state index in [1.165, 1.54) is 0 Å². The van der Waals surface area contributed by atoms with E-state index in [9.17, 15) is 0 Å². The van der Waals surface area contributed by atoms with Gasteiger partial charge in [0.15, 0.2) is 0 Å². The summed E-state index contributed by atoms with van der Waals surface area (Å²) in [4.78, 5) is 0. The molecule has 0 fully saturated rings. The second-order valence-corrected chi connectivity index (χ2v) is 2.32. The van der Waals surface area contributed by atoms with Gasteiger partial charge in [-0.3, -0.25) is 12.2 Å². The second-order valence-electron chi connectivity index (χ2n) is 2.32. The number of allylic oxidation sites excluding steroid dienone is 8. The number of halogens is 1. The van der Waals surface area contributed by atoms with Crippen LogP contribution < -0.4 is 0 Å². The molecule has 0 saturated carbocycles. The second kappa shape index (κ2) is 19.5. The Morgan fingerprint density at radius 3 is 1.47 bits per heavy atom. The van der Waals surface area contributed by atoms with Crippen LogP contribution in [0.4, 0.5) is 0 Å². The monoisotopic (exact) mass is 260 g/mol. The average molecular weight is 261 g/mol. The molecule has 0 aromatic carbocycles. The van der Waals surface area contributed by atoms with Gasteiger partial charge in [-0.15, -0.1) is 25.2 Å². The van der Waals surface area contributed by atoms with Crippen LogP contribution in [0, 0.1) is 12.2 Å². The maximum Gasteiger partial charge on any atom is 2.00 e. The summed E-state index contributed by atoms with van der Waals surface area (Å²) in [5, 5.41) is 7.57. The van der Waals surface area contributed by atoms with Crippen molar-refractivity contribution < 1.29 is 26.8 Å². The van der Waals surface area contributed by atoms with E-state index in [4.69, 9.17) is 5.11 Å². The van der Waals surface area contributed by atoms with Crippen LogP contribution >= 0.6 is 12.4 Å². The van der Waals surface area contributed by atoms with Crippen molar-refractivity contribution in [2.75, 3.05) is 6.61 Å². The molecule has 0 unspecified atom stereocenters. The minimum absolute atomic E-state index is 0. The van der Waals surface area contributed by atoms with Crippen molar-refractivity contribution in [2.24, 2.45) is 0 Å². The molecule has 3 heteroatoms. The molecule has 0 aromatic heterocycles. The fraction of sp³-hybridized carbons (Fsp3) is 0.333. The van der Waals surface area contributed by atoms with E-state index in [0.29, 0.717) is 0 Å². The van der Waals surface area contributed by atoms with Crippen LogP contribution in [0.2, 0.25) is 0 Å². The predicted molar refractivity (Wildman–Crippen MR) is 63.1 cm³/mol. The predicted octanol–water partition coefficient (Wildman–Crippen LogP) is 3.03. The molecule has 1 N–H and O–H groups in total. The van der Waals surface area contributed by atoms with Crippen molar-refractivity contribution in [1.82, 2.24) is 0 Å². The average Bonchev–Trinajstić information content (AvgIpc) is 2.85. The Labute approximate surface area is 114 Å². The summed E-state index contributed by atoms with van der Waals surface area (Å²) in [5.74, 6) is 0. The maximum atomic E-state index is 7.57. The standard InChI is InChI=1S/2C5H5.C2H6O.ClH.Ti/c2*1-2-4-5-3-1;1-2-3;;/h2*1-3H,4H2;3H,2H2,1H3;1H;/q2*-1;;;+2. The van der Waals surface area contributed by atoms with Crippen LogP contribution in [0.25, 0.3) is 0 Å². The van der Waals surface area contributed by atoms with Crippen LogP contribution in [0.3, 0.4) is 0 Å². The van der Waals surface area contributed by atoms with E-state index < -0.39 is 0 Å². The molecule has 2 aliphatic carbocycles. The molecule has 2 aliphatic rings. The van der Waals surface area contributed by atoms with Gasteiger partial charge in [-0.2, -0.15) is 12.2 Å². The number of aliphatic hydroxyl groups excluding tert-OH is 1. The van der Waals surface area contributed by atoms with E-state index >= 15 is 0 Å². The summed E-state index contributed by atoms with van der Waals surface area (Å²) in [6, 6.07) is 0. The van der Waals surface area contributed by atoms with Gasteiger partial charge in [0, 0.05) is 6.61 Å². The van der Waals surface area contributed by atoms with Gasteiger partial charge in [-0.05, 0) is 6.92 Å². The van der Waals surface area contributed by atoms with Gasteiger partial charge in [0.1, 0.15) is 0 Å². The molecule has 15 heavy (non-hydrogen) atoms. The van der Waals surface area contributed by atoms with Gasteiger partial charge < -0.3 is 5.11 Å². The van der Waals surface area contributed by atoms with Crippen molar-refractivity contribution in [3.05, 3.63) is 48.6 Å². The van der Waals surface area contributed by atoms with Gasteiger partial charge in [0.05, 0.1) is 0 Å². The largest absolute Gasteiger partial charge is 2.00 e. The molecule has 0 spiro atoms. The number of rotatable bonds is 0. The first-order valence-electron chi connectivity index (χ1n) is 4.46. The molecule has 2 rings (SSSR count). The van der Waals surface area contributed by atoms with Gasteiger partial charge in [0.2, 0.25) is 0 Å². The Morgan fingerprint density at radius 2 is 1.40 bits per heavy atom. The van der Waals surface area contributed by atoms with Crippen LogP contribution in [-0.4, -0.2) is 11.7 Å². The summed E-state index contributed by atoms with van der Waals surface area (Å²) in [7, 11) is 0. The summed E-state index contributed by atoms with van der Waals surface area (Å²) in [5.41, 5.74) is 0. The molecule has 0 bridgehead atoms. The zero-order valence-corrected chi connectivity index (χ0v) is 11.3. The van der Waals surface area contributed by atoms with Crippen LogP contribution in [0.1, 0.15) is 19.8 Å². The van der Waals surface area contributed by atoms with E-state index in [0.717, 1.165) is 12.8 Å². The molecule has 82 valence electrons. The summed E-state index contributed by atoms with van der Waals surface area (Å²) < 4.78 is 0. The van der Waals surface area contributed by atoms with E-state index in [-0.39, 0.29) is 40.7 Å². The van der Waals surface area contributed by atoms with Gasteiger partial charge in [-0.1, -0.05) is 0 Å². The third-order valence-corrected chi connectivity index (χ3v) is 1.17. The topological polar surface area (TPSA) is 20.2 Å². The molecule has 0 aromatic rings. The molecular formula is C12H17ClOTi. The minimum Gasteiger partial charge on any atom is -0.397 e. The normalized spacial score (nSPS) is 12.9. The Balaban J connectivity index is -0.000000140. The zero-order valence-electron chi connectivity index (χ0n) is 8.94. The third-order valence-electron chi connectivity index (χ3n) is 1.17. The number of hydrogen-bond acceptors (Lipinski definition) is 1. The summed E-state index contributed by atoms with van der Waals surface area (Å²) >= 11 is 0. The molecule has 0 amide bonds. The van der Waals surface area contributed by atoms with Gasteiger partial charge >= 0.3 is 21.7 Å².